The Bertz CT molecular complexity index is 1870. The fourth-order valence-electron chi connectivity index (χ4n) is 4.09. The van der Waals surface area contributed by atoms with Crippen molar-refractivity contribution in [3.63, 3.8) is 0 Å². The van der Waals surface area contributed by atoms with E-state index in [1.165, 1.54) is 25.5 Å². The van der Waals surface area contributed by atoms with Gasteiger partial charge in [-0.15, -0.1) is 0 Å². The van der Waals surface area contributed by atoms with Crippen LogP contribution in [0.2, 0.25) is 0 Å². The van der Waals surface area contributed by atoms with E-state index in [1.54, 1.807) is 30.3 Å². The summed E-state index contributed by atoms with van der Waals surface area (Å²) < 4.78 is 55.1. The fourth-order valence-corrected chi connectivity index (χ4v) is 5.29. The molecular weight excluding hydrogens is 747 g/mol. The molecule has 0 radical (unpaired) electrons. The first-order chi connectivity index (χ1) is 20.1. The van der Waals surface area contributed by atoms with Gasteiger partial charge in [0, 0.05) is 20.1 Å². The molecule has 0 saturated carbocycles. The van der Waals surface area contributed by atoms with Crippen molar-refractivity contribution in [3.8, 4) is 22.9 Å². The highest BCUT2D eigenvalue weighted by atomic mass is 79.9. The number of halogens is 6. The average Bonchev–Trinajstić information content (AvgIpc) is 2.98. The number of methoxy groups -OCH3 is 1. The Balaban J connectivity index is 1.58. The Morgan fingerprint density at radius 2 is 1.69 bits per heavy atom. The highest BCUT2D eigenvalue weighted by molar-refractivity contribution is 9.13. The van der Waals surface area contributed by atoms with Gasteiger partial charge in [0.1, 0.15) is 6.61 Å². The summed E-state index contributed by atoms with van der Waals surface area (Å²) in [6.45, 7) is 0.278. The van der Waals surface area contributed by atoms with Crippen LogP contribution in [0, 0.1) is 0 Å². The van der Waals surface area contributed by atoms with Crippen LogP contribution in [-0.4, -0.2) is 23.0 Å². The topological polar surface area (TPSA) is 65.7 Å². The van der Waals surface area contributed by atoms with Gasteiger partial charge in [-0.05, 0) is 79.9 Å². The van der Waals surface area contributed by atoms with E-state index in [9.17, 15) is 18.0 Å². The summed E-state index contributed by atoms with van der Waals surface area (Å²) in [5.74, 6) is 0.794. The molecule has 0 bridgehead atoms. The maximum Gasteiger partial charge on any atom is 0.416 e. The lowest BCUT2D eigenvalue weighted by Crippen LogP contribution is -2.20. The zero-order valence-corrected chi connectivity index (χ0v) is 26.4. The molecule has 0 saturated heterocycles. The Morgan fingerprint density at radius 3 is 2.40 bits per heavy atom. The van der Waals surface area contributed by atoms with E-state index in [1.807, 2.05) is 24.3 Å². The molecule has 0 amide bonds. The number of aromatic nitrogens is 2. The van der Waals surface area contributed by atoms with Gasteiger partial charge in [0.05, 0.1) is 34.3 Å². The lowest BCUT2D eigenvalue weighted by atomic mass is 10.1. The van der Waals surface area contributed by atoms with E-state index in [2.05, 4.69) is 57.9 Å². The quantitative estimate of drug-likeness (QED) is 0.156. The van der Waals surface area contributed by atoms with E-state index < -0.39 is 17.3 Å². The van der Waals surface area contributed by atoms with Crippen LogP contribution >= 0.6 is 47.8 Å². The number of alkyl halides is 3. The van der Waals surface area contributed by atoms with E-state index in [4.69, 9.17) is 9.47 Å². The van der Waals surface area contributed by atoms with Gasteiger partial charge >= 0.3 is 6.18 Å². The van der Waals surface area contributed by atoms with Crippen molar-refractivity contribution in [1.29, 1.82) is 0 Å². The molecule has 214 valence electrons. The van der Waals surface area contributed by atoms with Crippen LogP contribution in [0.25, 0.3) is 22.3 Å². The molecule has 0 aliphatic carbocycles. The Labute approximate surface area is 263 Å². The first kappa shape index (κ1) is 30.0. The number of benzene rings is 4. The van der Waals surface area contributed by atoms with Crippen LogP contribution in [-0.2, 0) is 12.8 Å². The van der Waals surface area contributed by atoms with Crippen molar-refractivity contribution in [2.45, 2.75) is 12.8 Å². The zero-order valence-electron chi connectivity index (χ0n) is 21.6. The summed E-state index contributed by atoms with van der Waals surface area (Å²) in [6.07, 6.45) is -3.18. The predicted octanol–water partition coefficient (Wildman–Crippen LogP) is 8.84. The molecule has 42 heavy (non-hydrogen) atoms. The van der Waals surface area contributed by atoms with Crippen LogP contribution in [0.15, 0.2) is 102 Å². The van der Waals surface area contributed by atoms with Crippen molar-refractivity contribution in [2.75, 3.05) is 7.11 Å². The first-order valence-corrected chi connectivity index (χ1v) is 14.6. The lowest BCUT2D eigenvalue weighted by Gasteiger charge is -2.16. The van der Waals surface area contributed by atoms with E-state index in [0.29, 0.717) is 31.5 Å². The van der Waals surface area contributed by atoms with Crippen LogP contribution in [0.3, 0.4) is 0 Å². The first-order valence-electron chi connectivity index (χ1n) is 12.2. The van der Waals surface area contributed by atoms with E-state index in [0.717, 1.165) is 26.8 Å². The standard InChI is InChI=1S/C30H19Br3F3N3O3/c1-41-24-14-19(25(32)26(33)27(24)42-16-17-9-11-21(31)12-10-17)15-37-39-28(18-5-4-6-20(13-18)30(34,35)36)38-23-8-3-2-7-22(23)29(39)40/h2-15H,16H2,1H3. The second kappa shape index (κ2) is 12.4. The summed E-state index contributed by atoms with van der Waals surface area (Å²) in [5, 5.41) is 4.65. The van der Waals surface area contributed by atoms with Gasteiger partial charge in [0.25, 0.3) is 5.56 Å². The molecular formula is C30H19Br3F3N3O3. The smallest absolute Gasteiger partial charge is 0.416 e. The fraction of sp³-hybridized carbons (Fsp3) is 0.100. The molecule has 0 aliphatic heterocycles. The number of ether oxygens (including phenoxy) is 2. The average molecular weight is 766 g/mol. The Kier molecular flexibility index (Phi) is 8.86. The van der Waals surface area contributed by atoms with Crippen molar-refractivity contribution in [3.05, 3.63) is 119 Å². The molecule has 0 atom stereocenters. The number of para-hydroxylation sites is 1. The van der Waals surface area contributed by atoms with Gasteiger partial charge in [-0.2, -0.15) is 22.9 Å². The maximum absolute atomic E-state index is 13.5. The maximum atomic E-state index is 13.5. The number of fused-ring (bicyclic) bond motifs is 1. The third kappa shape index (κ3) is 6.30. The third-order valence-electron chi connectivity index (χ3n) is 6.19. The molecule has 1 heterocycles. The van der Waals surface area contributed by atoms with Crippen LogP contribution in [0.5, 0.6) is 11.5 Å². The Hall–Kier alpha value is -3.48. The normalized spacial score (nSPS) is 11.8. The van der Waals surface area contributed by atoms with Crippen LogP contribution < -0.4 is 15.0 Å². The molecule has 1 aromatic heterocycles. The van der Waals surface area contributed by atoms with Crippen molar-refractivity contribution in [2.24, 2.45) is 5.10 Å². The van der Waals surface area contributed by atoms with Crippen molar-refractivity contribution < 1.29 is 22.6 Å². The molecule has 0 N–H and O–H groups in total. The van der Waals surface area contributed by atoms with E-state index in [-0.39, 0.29) is 23.4 Å². The van der Waals surface area contributed by atoms with Gasteiger partial charge in [0.15, 0.2) is 17.3 Å². The lowest BCUT2D eigenvalue weighted by molar-refractivity contribution is -0.137. The van der Waals surface area contributed by atoms with Crippen LogP contribution in [0.4, 0.5) is 13.2 Å². The Morgan fingerprint density at radius 1 is 0.952 bits per heavy atom. The monoisotopic (exact) mass is 763 g/mol. The second-order valence-electron chi connectivity index (χ2n) is 8.93. The molecule has 0 unspecified atom stereocenters. The second-order valence-corrected chi connectivity index (χ2v) is 11.4. The van der Waals surface area contributed by atoms with Gasteiger partial charge < -0.3 is 9.47 Å². The summed E-state index contributed by atoms with van der Waals surface area (Å²) in [6, 6.07) is 20.5. The predicted molar refractivity (Wildman–Crippen MR) is 166 cm³/mol. The molecule has 0 fully saturated rings. The SMILES string of the molecule is COc1cc(C=Nn2c(-c3cccc(C(F)(F)F)c3)nc3ccccc3c2=O)c(Br)c(Br)c1OCc1ccc(Br)cc1. The highest BCUT2D eigenvalue weighted by Crippen LogP contribution is 2.42. The largest absolute Gasteiger partial charge is 0.493 e. The molecule has 5 aromatic rings. The van der Waals surface area contributed by atoms with Crippen LogP contribution in [0.1, 0.15) is 16.7 Å². The van der Waals surface area contributed by atoms with Gasteiger partial charge in [-0.25, -0.2) is 4.98 Å². The summed E-state index contributed by atoms with van der Waals surface area (Å²) in [4.78, 5) is 18.0. The third-order valence-corrected chi connectivity index (χ3v) is 8.86. The number of hydrogen-bond donors (Lipinski definition) is 0. The molecule has 6 nitrogen and oxygen atoms in total. The van der Waals surface area contributed by atoms with Gasteiger partial charge in [0.2, 0.25) is 0 Å². The minimum absolute atomic E-state index is 0.0438. The minimum Gasteiger partial charge on any atom is -0.493 e. The zero-order chi connectivity index (χ0) is 30.0. The van der Waals surface area contributed by atoms with Gasteiger partial charge in [-0.1, -0.05) is 52.3 Å². The molecule has 0 aliphatic rings. The summed E-state index contributed by atoms with van der Waals surface area (Å²) in [7, 11) is 1.49. The number of hydrogen-bond acceptors (Lipinski definition) is 5. The van der Waals surface area contributed by atoms with Gasteiger partial charge in [-0.3, -0.25) is 4.79 Å². The molecule has 5 rings (SSSR count). The summed E-state index contributed by atoms with van der Waals surface area (Å²) in [5.41, 5.74) is 0.455. The number of nitrogens with zero attached hydrogens (tertiary/aromatic N) is 3. The molecule has 4 aromatic carbocycles. The summed E-state index contributed by atoms with van der Waals surface area (Å²) >= 11 is 10.5. The van der Waals surface area contributed by atoms with E-state index >= 15 is 0 Å². The van der Waals surface area contributed by atoms with Crippen molar-refractivity contribution in [1.82, 2.24) is 9.66 Å². The van der Waals surface area contributed by atoms with Crippen molar-refractivity contribution >= 4 is 64.9 Å². The molecule has 0 spiro atoms. The minimum atomic E-state index is -4.57. The molecule has 12 heteroatoms. The number of rotatable bonds is 7. The highest BCUT2D eigenvalue weighted by Gasteiger charge is 2.31.